The zero-order valence-electron chi connectivity index (χ0n) is 12.1. The second kappa shape index (κ2) is 7.43. The second-order valence-electron chi connectivity index (χ2n) is 4.70. The van der Waals surface area contributed by atoms with E-state index in [2.05, 4.69) is 10.3 Å². The predicted molar refractivity (Wildman–Crippen MR) is 102 cm³/mol. The Balaban J connectivity index is 1.69. The fourth-order valence-electron chi connectivity index (χ4n) is 1.93. The van der Waals surface area contributed by atoms with Crippen LogP contribution in [0, 0.1) is 0 Å². The van der Waals surface area contributed by atoms with Crippen LogP contribution in [0.2, 0.25) is 5.02 Å². The highest BCUT2D eigenvalue weighted by atomic mass is 35.5. The fourth-order valence-corrected chi connectivity index (χ4v) is 3.86. The molecule has 1 N–H and O–H groups in total. The molecule has 1 aromatic carbocycles. The molecule has 0 aliphatic carbocycles. The molecule has 24 heavy (non-hydrogen) atoms. The van der Waals surface area contributed by atoms with Crippen molar-refractivity contribution in [3.05, 3.63) is 51.3 Å². The van der Waals surface area contributed by atoms with E-state index in [1.165, 1.54) is 28.0 Å². The van der Waals surface area contributed by atoms with Crippen molar-refractivity contribution in [1.82, 2.24) is 9.88 Å². The van der Waals surface area contributed by atoms with E-state index in [-0.39, 0.29) is 18.4 Å². The first-order valence-electron chi connectivity index (χ1n) is 6.73. The second-order valence-corrected chi connectivity index (χ2v) is 7.71. The number of anilines is 1. The van der Waals surface area contributed by atoms with Crippen molar-refractivity contribution >= 4 is 74.3 Å². The number of benzene rings is 1. The summed E-state index contributed by atoms with van der Waals surface area (Å²) in [6, 6.07) is 7.11. The van der Waals surface area contributed by atoms with Gasteiger partial charge in [-0.15, -0.1) is 11.3 Å². The van der Waals surface area contributed by atoms with Gasteiger partial charge in [-0.2, -0.15) is 0 Å². The molecule has 0 saturated carbocycles. The van der Waals surface area contributed by atoms with E-state index in [1.54, 1.807) is 29.8 Å². The summed E-state index contributed by atoms with van der Waals surface area (Å²) in [7, 11) is 0. The zero-order valence-corrected chi connectivity index (χ0v) is 15.3. The van der Waals surface area contributed by atoms with Gasteiger partial charge in [0.15, 0.2) is 5.13 Å². The average Bonchev–Trinajstić information content (AvgIpc) is 3.14. The van der Waals surface area contributed by atoms with Crippen LogP contribution in [-0.4, -0.2) is 32.6 Å². The number of thioether (sulfide) groups is 1. The quantitative estimate of drug-likeness (QED) is 0.632. The molecule has 9 heteroatoms. The Hall–Kier alpha value is -1.74. The predicted octanol–water partition coefficient (Wildman–Crippen LogP) is 3.64. The Bertz CT molecular complexity index is 819. The van der Waals surface area contributed by atoms with Gasteiger partial charge in [0.25, 0.3) is 5.91 Å². The topological polar surface area (TPSA) is 62.3 Å². The third kappa shape index (κ3) is 4.02. The summed E-state index contributed by atoms with van der Waals surface area (Å²) < 4.78 is 0.356. The van der Waals surface area contributed by atoms with Crippen LogP contribution in [0.25, 0.3) is 6.08 Å². The van der Waals surface area contributed by atoms with Crippen molar-refractivity contribution in [3.8, 4) is 0 Å². The van der Waals surface area contributed by atoms with Crippen molar-refractivity contribution in [2.75, 3.05) is 11.9 Å². The van der Waals surface area contributed by atoms with Crippen LogP contribution in [0.15, 0.2) is 40.7 Å². The van der Waals surface area contributed by atoms with E-state index in [9.17, 15) is 9.59 Å². The van der Waals surface area contributed by atoms with Crippen LogP contribution < -0.4 is 5.32 Å². The van der Waals surface area contributed by atoms with E-state index in [0.29, 0.717) is 19.4 Å². The summed E-state index contributed by atoms with van der Waals surface area (Å²) in [5.41, 5.74) is 0.840. The van der Waals surface area contributed by atoms with Gasteiger partial charge in [0.2, 0.25) is 5.91 Å². The van der Waals surface area contributed by atoms with Gasteiger partial charge in [0, 0.05) is 16.6 Å². The van der Waals surface area contributed by atoms with Gasteiger partial charge in [0.05, 0.1) is 4.91 Å². The van der Waals surface area contributed by atoms with Crippen molar-refractivity contribution in [3.63, 3.8) is 0 Å². The lowest BCUT2D eigenvalue weighted by Gasteiger charge is -2.13. The largest absolute Gasteiger partial charge is 0.300 e. The number of carbonyl (C=O) groups is 2. The number of nitrogens with zero attached hydrogens (tertiary/aromatic N) is 2. The summed E-state index contributed by atoms with van der Waals surface area (Å²) >= 11 is 13.5. The summed E-state index contributed by atoms with van der Waals surface area (Å²) in [4.78, 5) is 30.2. The Morgan fingerprint density at radius 3 is 2.79 bits per heavy atom. The summed E-state index contributed by atoms with van der Waals surface area (Å²) in [6.07, 6.45) is 3.32. The number of hydrogen-bond acceptors (Lipinski definition) is 6. The van der Waals surface area contributed by atoms with Gasteiger partial charge in [-0.25, -0.2) is 4.98 Å². The normalized spacial score (nSPS) is 16.0. The average molecular weight is 396 g/mol. The van der Waals surface area contributed by atoms with E-state index in [0.717, 1.165) is 5.56 Å². The standard InChI is InChI=1S/C15H10ClN3O2S3/c16-10-3-1-9(2-4-10)7-11-13(21)19(15(22)24-11)8-12(20)18-14-17-5-6-23-14/h1-7H,8H2,(H,17,18,20)/b11-7-. The van der Waals surface area contributed by atoms with Crippen LogP contribution in [0.3, 0.4) is 0 Å². The number of rotatable bonds is 4. The highest BCUT2D eigenvalue weighted by Gasteiger charge is 2.33. The molecule has 2 heterocycles. The number of hydrogen-bond donors (Lipinski definition) is 1. The Kier molecular flexibility index (Phi) is 5.30. The molecule has 1 aliphatic rings. The molecule has 5 nitrogen and oxygen atoms in total. The number of nitrogens with one attached hydrogen (secondary N) is 1. The van der Waals surface area contributed by atoms with Gasteiger partial charge in [-0.1, -0.05) is 47.7 Å². The van der Waals surface area contributed by atoms with Crippen LogP contribution in [0.4, 0.5) is 5.13 Å². The molecule has 2 amide bonds. The first-order chi connectivity index (χ1) is 11.5. The number of halogens is 1. The Morgan fingerprint density at radius 2 is 2.12 bits per heavy atom. The highest BCUT2D eigenvalue weighted by molar-refractivity contribution is 8.26. The lowest BCUT2D eigenvalue weighted by Crippen LogP contribution is -2.36. The van der Waals surface area contributed by atoms with E-state index >= 15 is 0 Å². The molecule has 1 fully saturated rings. The number of thiocarbonyl (C=S) groups is 1. The molecule has 122 valence electrons. The molecule has 0 spiro atoms. The zero-order chi connectivity index (χ0) is 17.1. The molecule has 0 radical (unpaired) electrons. The minimum atomic E-state index is -0.339. The third-order valence-electron chi connectivity index (χ3n) is 3.02. The van der Waals surface area contributed by atoms with Gasteiger partial charge in [-0.3, -0.25) is 14.5 Å². The summed E-state index contributed by atoms with van der Waals surface area (Å²) in [6.45, 7) is -0.137. The van der Waals surface area contributed by atoms with Crippen molar-refractivity contribution in [2.24, 2.45) is 0 Å². The van der Waals surface area contributed by atoms with E-state index < -0.39 is 0 Å². The SMILES string of the molecule is O=C(CN1C(=O)/C(=C/c2ccc(Cl)cc2)SC1=S)Nc1nccs1. The van der Waals surface area contributed by atoms with Crippen LogP contribution in [0.1, 0.15) is 5.56 Å². The maximum Gasteiger partial charge on any atom is 0.266 e. The smallest absolute Gasteiger partial charge is 0.266 e. The monoisotopic (exact) mass is 395 g/mol. The Labute approximate surface area is 156 Å². The van der Waals surface area contributed by atoms with Gasteiger partial charge in [-0.05, 0) is 23.8 Å². The fraction of sp³-hybridized carbons (Fsp3) is 0.0667. The third-order valence-corrected chi connectivity index (χ3v) is 5.34. The lowest BCUT2D eigenvalue weighted by molar-refractivity contribution is -0.126. The molecule has 1 saturated heterocycles. The molecule has 1 aliphatic heterocycles. The van der Waals surface area contributed by atoms with Crippen LogP contribution >= 0.6 is 46.9 Å². The van der Waals surface area contributed by atoms with E-state index in [4.69, 9.17) is 23.8 Å². The van der Waals surface area contributed by atoms with Gasteiger partial charge in [0.1, 0.15) is 10.9 Å². The van der Waals surface area contributed by atoms with Gasteiger partial charge >= 0.3 is 0 Å². The summed E-state index contributed by atoms with van der Waals surface area (Å²) in [5.74, 6) is -0.622. The Morgan fingerprint density at radius 1 is 1.38 bits per heavy atom. The van der Waals surface area contributed by atoms with Crippen LogP contribution in [-0.2, 0) is 9.59 Å². The minimum absolute atomic E-state index is 0.137. The first-order valence-corrected chi connectivity index (χ1v) is 9.21. The maximum absolute atomic E-state index is 12.5. The summed E-state index contributed by atoms with van der Waals surface area (Å²) in [5, 5.41) is 5.50. The molecule has 1 aromatic heterocycles. The number of amides is 2. The van der Waals surface area contributed by atoms with Crippen molar-refractivity contribution in [2.45, 2.75) is 0 Å². The molecule has 0 bridgehead atoms. The molecule has 3 rings (SSSR count). The molecular formula is C15H10ClN3O2S3. The maximum atomic E-state index is 12.5. The lowest BCUT2D eigenvalue weighted by atomic mass is 10.2. The van der Waals surface area contributed by atoms with Crippen LogP contribution in [0.5, 0.6) is 0 Å². The molecular weight excluding hydrogens is 386 g/mol. The number of aromatic nitrogens is 1. The number of thiazole rings is 1. The van der Waals surface area contributed by atoms with Crippen molar-refractivity contribution in [1.29, 1.82) is 0 Å². The highest BCUT2D eigenvalue weighted by Crippen LogP contribution is 2.32. The number of carbonyl (C=O) groups excluding carboxylic acids is 2. The molecule has 0 atom stereocenters. The first kappa shape index (κ1) is 17.1. The van der Waals surface area contributed by atoms with Gasteiger partial charge < -0.3 is 5.32 Å². The molecule has 2 aromatic rings. The minimum Gasteiger partial charge on any atom is -0.300 e. The van der Waals surface area contributed by atoms with Crippen molar-refractivity contribution < 1.29 is 9.59 Å². The molecule has 0 unspecified atom stereocenters. The van der Waals surface area contributed by atoms with E-state index in [1.807, 2.05) is 12.1 Å².